The largest absolute Gasteiger partial charge is 0.323 e. The van der Waals surface area contributed by atoms with Crippen LogP contribution in [0.15, 0.2) is 36.7 Å². The van der Waals surface area contributed by atoms with E-state index in [1.54, 1.807) is 12.3 Å². The van der Waals surface area contributed by atoms with Crippen molar-refractivity contribution in [2.24, 2.45) is 0 Å². The van der Waals surface area contributed by atoms with E-state index in [2.05, 4.69) is 0 Å². The van der Waals surface area contributed by atoms with Crippen molar-refractivity contribution in [1.82, 2.24) is 4.40 Å². The Bertz CT molecular complexity index is 356. The second kappa shape index (κ2) is 2.23. The zero-order valence-corrected chi connectivity index (χ0v) is 5.82. The van der Waals surface area contributed by atoms with Crippen molar-refractivity contribution < 1.29 is 4.79 Å². The molecule has 11 heavy (non-hydrogen) atoms. The van der Waals surface area contributed by atoms with Gasteiger partial charge in [-0.3, -0.25) is 4.79 Å². The van der Waals surface area contributed by atoms with Crippen LogP contribution >= 0.6 is 0 Å². The Balaban J connectivity index is 2.78. The van der Waals surface area contributed by atoms with Crippen LogP contribution in [0, 0.1) is 0 Å². The molecular weight excluding hydrogens is 138 g/mol. The molecule has 2 aromatic rings. The van der Waals surface area contributed by atoms with E-state index in [9.17, 15) is 4.79 Å². The normalized spacial score (nSPS) is 10.2. The van der Waals surface area contributed by atoms with Crippen molar-refractivity contribution >= 4 is 11.8 Å². The highest BCUT2D eigenvalue weighted by Gasteiger charge is 1.95. The minimum Gasteiger partial charge on any atom is -0.323 e. The smallest absolute Gasteiger partial charge is 0.235 e. The third kappa shape index (κ3) is 0.923. The third-order valence-corrected chi connectivity index (χ3v) is 1.62. The summed E-state index contributed by atoms with van der Waals surface area (Å²) in [6.07, 6.45) is 5.50. The molecule has 0 aliphatic rings. The Kier molecular flexibility index (Phi) is 1.25. The fraction of sp³-hybridized carbons (Fsp3) is 0. The van der Waals surface area contributed by atoms with Crippen LogP contribution in [-0.2, 0) is 4.79 Å². The standard InChI is InChI=1S/C9H6NO/c11-7-8-5-9-3-1-2-4-10(9)6-8/h1-6H. The Hall–Kier alpha value is -1.57. The van der Waals surface area contributed by atoms with E-state index >= 15 is 0 Å². The monoisotopic (exact) mass is 144 g/mol. The number of hydrogen-bond acceptors (Lipinski definition) is 1. The molecule has 0 unspecified atom stereocenters. The predicted molar refractivity (Wildman–Crippen MR) is 42.2 cm³/mol. The van der Waals surface area contributed by atoms with Crippen LogP contribution in [0.2, 0.25) is 0 Å². The van der Waals surface area contributed by atoms with Crippen molar-refractivity contribution in [2.75, 3.05) is 0 Å². The van der Waals surface area contributed by atoms with Crippen LogP contribution in [0.4, 0.5) is 0 Å². The van der Waals surface area contributed by atoms with Crippen molar-refractivity contribution in [3.8, 4) is 0 Å². The molecule has 0 atom stereocenters. The van der Waals surface area contributed by atoms with Crippen molar-refractivity contribution in [3.63, 3.8) is 0 Å². The summed E-state index contributed by atoms with van der Waals surface area (Å²) in [7, 11) is 0. The topological polar surface area (TPSA) is 21.5 Å². The molecular formula is C9H6NO. The molecule has 0 saturated heterocycles. The fourth-order valence-electron chi connectivity index (χ4n) is 1.11. The van der Waals surface area contributed by atoms with Crippen LogP contribution in [0.1, 0.15) is 5.56 Å². The summed E-state index contributed by atoms with van der Waals surface area (Å²) >= 11 is 0. The molecule has 1 radical (unpaired) electrons. The Morgan fingerprint density at radius 3 is 3.00 bits per heavy atom. The first-order valence-electron chi connectivity index (χ1n) is 3.35. The molecule has 0 spiro atoms. The highest BCUT2D eigenvalue weighted by molar-refractivity contribution is 5.78. The number of fused-ring (bicyclic) bond motifs is 1. The molecule has 0 amide bonds. The predicted octanol–water partition coefficient (Wildman–Crippen LogP) is 1.40. The summed E-state index contributed by atoms with van der Waals surface area (Å²) < 4.78 is 1.89. The molecule has 0 saturated carbocycles. The summed E-state index contributed by atoms with van der Waals surface area (Å²) in [4.78, 5) is 10.2. The molecule has 0 N–H and O–H groups in total. The van der Waals surface area contributed by atoms with E-state index in [0.29, 0.717) is 5.56 Å². The summed E-state index contributed by atoms with van der Waals surface area (Å²) in [6.45, 7) is 0. The minimum absolute atomic E-state index is 0.594. The Labute approximate surface area is 64.1 Å². The van der Waals surface area contributed by atoms with Gasteiger partial charge in [0.15, 0.2) is 0 Å². The zero-order valence-electron chi connectivity index (χ0n) is 5.82. The van der Waals surface area contributed by atoms with Crippen molar-refractivity contribution in [1.29, 1.82) is 0 Å². The van der Waals surface area contributed by atoms with Gasteiger partial charge in [-0.1, -0.05) is 6.07 Å². The molecule has 2 aromatic heterocycles. The number of aromatic nitrogens is 1. The maximum absolute atomic E-state index is 10.2. The van der Waals surface area contributed by atoms with E-state index in [4.69, 9.17) is 0 Å². The molecule has 53 valence electrons. The van der Waals surface area contributed by atoms with Gasteiger partial charge in [-0.2, -0.15) is 0 Å². The molecule has 0 aliphatic carbocycles. The van der Waals surface area contributed by atoms with Crippen LogP contribution in [0.5, 0.6) is 0 Å². The molecule has 0 bridgehead atoms. The summed E-state index contributed by atoms with van der Waals surface area (Å²) in [5.41, 5.74) is 1.61. The highest BCUT2D eigenvalue weighted by Crippen LogP contribution is 2.06. The maximum Gasteiger partial charge on any atom is 0.235 e. The average Bonchev–Trinajstić information content (AvgIpc) is 2.46. The second-order valence-corrected chi connectivity index (χ2v) is 2.36. The number of nitrogens with zero attached hydrogens (tertiary/aromatic N) is 1. The third-order valence-electron chi connectivity index (χ3n) is 1.62. The van der Waals surface area contributed by atoms with Gasteiger partial charge >= 0.3 is 0 Å². The minimum atomic E-state index is 0.594. The van der Waals surface area contributed by atoms with Crippen LogP contribution in [0.25, 0.3) is 5.52 Å². The second-order valence-electron chi connectivity index (χ2n) is 2.36. The van der Waals surface area contributed by atoms with E-state index < -0.39 is 0 Å². The molecule has 2 nitrogen and oxygen atoms in total. The van der Waals surface area contributed by atoms with Crippen LogP contribution in [0.3, 0.4) is 0 Å². The quantitative estimate of drug-likeness (QED) is 0.592. The first-order valence-corrected chi connectivity index (χ1v) is 3.35. The molecule has 2 rings (SSSR count). The maximum atomic E-state index is 10.2. The number of carbonyl (C=O) groups excluding carboxylic acids is 1. The lowest BCUT2D eigenvalue weighted by Crippen LogP contribution is -1.76. The lowest BCUT2D eigenvalue weighted by atomic mass is 10.3. The average molecular weight is 144 g/mol. The van der Waals surface area contributed by atoms with Gasteiger partial charge in [-0.05, 0) is 18.2 Å². The van der Waals surface area contributed by atoms with Gasteiger partial charge in [0.2, 0.25) is 6.29 Å². The fourth-order valence-corrected chi connectivity index (χ4v) is 1.11. The van der Waals surface area contributed by atoms with Gasteiger partial charge in [0.1, 0.15) is 0 Å². The van der Waals surface area contributed by atoms with E-state index in [1.807, 2.05) is 35.1 Å². The summed E-state index contributed by atoms with van der Waals surface area (Å²) in [5.74, 6) is 0. The number of pyridine rings is 1. The first kappa shape index (κ1) is 6.16. The molecule has 2 heterocycles. The van der Waals surface area contributed by atoms with Gasteiger partial charge in [-0.15, -0.1) is 0 Å². The van der Waals surface area contributed by atoms with Gasteiger partial charge < -0.3 is 4.40 Å². The van der Waals surface area contributed by atoms with E-state index in [0.717, 1.165) is 5.52 Å². The summed E-state index contributed by atoms with van der Waals surface area (Å²) in [6, 6.07) is 7.60. The van der Waals surface area contributed by atoms with Crippen molar-refractivity contribution in [2.45, 2.75) is 0 Å². The molecule has 2 heteroatoms. The first-order chi connectivity index (χ1) is 5.40. The lowest BCUT2D eigenvalue weighted by Gasteiger charge is -1.88. The van der Waals surface area contributed by atoms with Gasteiger partial charge in [0, 0.05) is 23.5 Å². The molecule has 0 aliphatic heterocycles. The van der Waals surface area contributed by atoms with Gasteiger partial charge in [0.25, 0.3) is 0 Å². The molecule has 0 fully saturated rings. The highest BCUT2D eigenvalue weighted by atomic mass is 16.1. The molecule has 0 aromatic carbocycles. The van der Waals surface area contributed by atoms with Crippen LogP contribution in [-0.4, -0.2) is 10.7 Å². The Morgan fingerprint density at radius 2 is 2.27 bits per heavy atom. The SMILES string of the molecule is O=[C]c1cc2ccccn2c1. The van der Waals surface area contributed by atoms with E-state index in [-0.39, 0.29) is 0 Å². The zero-order chi connectivity index (χ0) is 7.68. The number of rotatable bonds is 1. The number of hydrogen-bond donors (Lipinski definition) is 0. The Morgan fingerprint density at radius 1 is 1.36 bits per heavy atom. The lowest BCUT2D eigenvalue weighted by molar-refractivity contribution is 0.563. The van der Waals surface area contributed by atoms with Crippen LogP contribution < -0.4 is 0 Å². The van der Waals surface area contributed by atoms with Gasteiger partial charge in [0.05, 0.1) is 0 Å². The summed E-state index contributed by atoms with van der Waals surface area (Å²) in [5, 5.41) is 0. The van der Waals surface area contributed by atoms with Crippen molar-refractivity contribution in [3.05, 3.63) is 42.2 Å². The van der Waals surface area contributed by atoms with E-state index in [1.165, 1.54) is 0 Å². The van der Waals surface area contributed by atoms with Gasteiger partial charge in [-0.25, -0.2) is 0 Å².